The van der Waals surface area contributed by atoms with Gasteiger partial charge in [0.25, 0.3) is 5.91 Å². The van der Waals surface area contributed by atoms with E-state index >= 15 is 0 Å². The summed E-state index contributed by atoms with van der Waals surface area (Å²) in [6.45, 7) is 6.94. The average molecular weight is 249 g/mol. The second-order valence-electron chi connectivity index (χ2n) is 5.06. The maximum Gasteiger partial charge on any atom is 0.270 e. The molecular formula is C14H23N3O. The number of hydrogen-bond donors (Lipinski definition) is 1. The highest BCUT2D eigenvalue weighted by atomic mass is 16.2. The van der Waals surface area contributed by atoms with Gasteiger partial charge in [-0.1, -0.05) is 6.92 Å². The number of nitrogens with zero attached hydrogens (tertiary/aromatic N) is 2. The third-order valence-electron chi connectivity index (χ3n) is 3.79. The predicted molar refractivity (Wildman–Crippen MR) is 72.8 cm³/mol. The summed E-state index contributed by atoms with van der Waals surface area (Å²) in [6, 6.07) is 4.29. The molecule has 1 aliphatic heterocycles. The molecule has 1 saturated heterocycles. The van der Waals surface area contributed by atoms with E-state index in [9.17, 15) is 4.79 Å². The van der Waals surface area contributed by atoms with Gasteiger partial charge in [0.1, 0.15) is 5.69 Å². The molecule has 1 aromatic rings. The fourth-order valence-corrected chi connectivity index (χ4v) is 2.57. The molecule has 2 heterocycles. The van der Waals surface area contributed by atoms with E-state index in [1.54, 1.807) is 0 Å². The van der Waals surface area contributed by atoms with Crippen LogP contribution < -0.4 is 5.32 Å². The minimum atomic E-state index is 0.168. The highest BCUT2D eigenvalue weighted by Gasteiger charge is 2.27. The van der Waals surface area contributed by atoms with Crippen molar-refractivity contribution in [2.75, 3.05) is 19.6 Å². The average Bonchev–Trinajstić information content (AvgIpc) is 2.98. The van der Waals surface area contributed by atoms with Crippen LogP contribution in [0.1, 0.15) is 35.9 Å². The Morgan fingerprint density at radius 2 is 2.33 bits per heavy atom. The number of aryl methyl sites for hydroxylation is 1. The lowest BCUT2D eigenvalue weighted by molar-refractivity contribution is 0.0682. The summed E-state index contributed by atoms with van der Waals surface area (Å²) in [6.07, 6.45) is 2.07. The van der Waals surface area contributed by atoms with E-state index < -0.39 is 0 Å². The van der Waals surface area contributed by atoms with Gasteiger partial charge in [0.05, 0.1) is 0 Å². The van der Waals surface area contributed by atoms with Gasteiger partial charge in [-0.3, -0.25) is 4.79 Å². The van der Waals surface area contributed by atoms with Crippen LogP contribution in [0.4, 0.5) is 0 Å². The summed E-state index contributed by atoms with van der Waals surface area (Å²) in [4.78, 5) is 14.7. The number of nitrogens with one attached hydrogen (secondary N) is 1. The fraction of sp³-hybridized carbons (Fsp3) is 0.643. The molecule has 0 aromatic carbocycles. The van der Waals surface area contributed by atoms with Crippen LogP contribution in [0.2, 0.25) is 0 Å². The van der Waals surface area contributed by atoms with Crippen molar-refractivity contribution in [1.82, 2.24) is 14.8 Å². The molecular weight excluding hydrogens is 226 g/mol. The number of aromatic nitrogens is 1. The molecule has 0 radical (unpaired) electrons. The first kappa shape index (κ1) is 13.1. The summed E-state index contributed by atoms with van der Waals surface area (Å²) >= 11 is 0. The summed E-state index contributed by atoms with van der Waals surface area (Å²) in [5, 5.41) is 3.34. The number of carbonyl (C=O) groups is 1. The number of amides is 1. The minimum Gasteiger partial charge on any atom is -0.344 e. The monoisotopic (exact) mass is 249 g/mol. The van der Waals surface area contributed by atoms with E-state index in [4.69, 9.17) is 0 Å². The third kappa shape index (κ3) is 2.43. The normalized spacial score (nSPS) is 19.2. The van der Waals surface area contributed by atoms with Gasteiger partial charge in [-0.2, -0.15) is 0 Å². The molecule has 0 saturated carbocycles. The minimum absolute atomic E-state index is 0.168. The maximum atomic E-state index is 12.6. The zero-order valence-corrected chi connectivity index (χ0v) is 11.6. The van der Waals surface area contributed by atoms with Gasteiger partial charge in [-0.05, 0) is 38.4 Å². The Balaban J connectivity index is 2.19. The topological polar surface area (TPSA) is 37.3 Å². The third-order valence-corrected chi connectivity index (χ3v) is 3.79. The van der Waals surface area contributed by atoms with Crippen molar-refractivity contribution in [2.24, 2.45) is 7.05 Å². The van der Waals surface area contributed by atoms with Crippen LogP contribution in [0.15, 0.2) is 12.1 Å². The van der Waals surface area contributed by atoms with Crippen molar-refractivity contribution in [1.29, 1.82) is 0 Å². The van der Waals surface area contributed by atoms with Crippen molar-refractivity contribution in [3.05, 3.63) is 23.5 Å². The Bertz CT molecular complexity index is 419. The first-order valence-corrected chi connectivity index (χ1v) is 6.79. The maximum absolute atomic E-state index is 12.6. The van der Waals surface area contributed by atoms with E-state index in [1.807, 2.05) is 35.6 Å². The standard InChI is InChI=1S/C14H23N3O/c1-4-9-17(12-7-8-15-10-12)14(18)13-6-5-11(2)16(13)3/h5-6,12,15H,4,7-10H2,1-3H3/t12-/m0/s1. The zero-order chi connectivity index (χ0) is 13.1. The van der Waals surface area contributed by atoms with E-state index in [0.717, 1.165) is 43.9 Å². The predicted octanol–water partition coefficient (Wildman–Crippen LogP) is 1.55. The van der Waals surface area contributed by atoms with Crippen LogP contribution in [0.25, 0.3) is 0 Å². The second kappa shape index (κ2) is 5.57. The van der Waals surface area contributed by atoms with E-state index in [2.05, 4.69) is 12.2 Å². The lowest BCUT2D eigenvalue weighted by Crippen LogP contribution is -2.42. The number of hydrogen-bond acceptors (Lipinski definition) is 2. The number of carbonyl (C=O) groups excluding carboxylic acids is 1. The first-order chi connectivity index (χ1) is 8.65. The molecule has 18 heavy (non-hydrogen) atoms. The lowest BCUT2D eigenvalue weighted by atomic mass is 10.2. The molecule has 1 N–H and O–H groups in total. The van der Waals surface area contributed by atoms with Gasteiger partial charge in [-0.25, -0.2) is 0 Å². The molecule has 4 nitrogen and oxygen atoms in total. The fourth-order valence-electron chi connectivity index (χ4n) is 2.57. The lowest BCUT2D eigenvalue weighted by Gasteiger charge is -2.28. The van der Waals surface area contributed by atoms with Gasteiger partial charge in [0.2, 0.25) is 0 Å². The van der Waals surface area contributed by atoms with Crippen molar-refractivity contribution >= 4 is 5.91 Å². The Morgan fingerprint density at radius 1 is 1.56 bits per heavy atom. The van der Waals surface area contributed by atoms with Crippen molar-refractivity contribution < 1.29 is 4.79 Å². The van der Waals surface area contributed by atoms with Crippen LogP contribution in [-0.4, -0.2) is 41.1 Å². The van der Waals surface area contributed by atoms with Crippen LogP contribution in [0.3, 0.4) is 0 Å². The molecule has 0 aliphatic carbocycles. The van der Waals surface area contributed by atoms with E-state index in [0.29, 0.717) is 6.04 Å². The second-order valence-corrected chi connectivity index (χ2v) is 5.06. The molecule has 0 bridgehead atoms. The molecule has 0 spiro atoms. The van der Waals surface area contributed by atoms with Gasteiger partial charge in [0.15, 0.2) is 0 Å². The highest BCUT2D eigenvalue weighted by Crippen LogP contribution is 2.15. The van der Waals surface area contributed by atoms with Gasteiger partial charge >= 0.3 is 0 Å². The largest absolute Gasteiger partial charge is 0.344 e. The molecule has 2 rings (SSSR count). The summed E-state index contributed by atoms with van der Waals surface area (Å²) in [5.41, 5.74) is 1.92. The van der Waals surface area contributed by atoms with Crippen LogP contribution in [0.5, 0.6) is 0 Å². The number of rotatable bonds is 4. The zero-order valence-electron chi connectivity index (χ0n) is 11.6. The van der Waals surface area contributed by atoms with Gasteiger partial charge in [-0.15, -0.1) is 0 Å². The van der Waals surface area contributed by atoms with Crippen molar-refractivity contribution in [3.8, 4) is 0 Å². The molecule has 1 amide bonds. The van der Waals surface area contributed by atoms with E-state index in [1.165, 1.54) is 0 Å². The van der Waals surface area contributed by atoms with Gasteiger partial charge < -0.3 is 14.8 Å². The Hall–Kier alpha value is -1.29. The first-order valence-electron chi connectivity index (χ1n) is 6.79. The molecule has 4 heteroatoms. The molecule has 1 atom stereocenters. The van der Waals surface area contributed by atoms with Crippen molar-refractivity contribution in [2.45, 2.75) is 32.7 Å². The summed E-state index contributed by atoms with van der Waals surface area (Å²) in [5.74, 6) is 0.168. The van der Waals surface area contributed by atoms with Crippen LogP contribution >= 0.6 is 0 Å². The quantitative estimate of drug-likeness (QED) is 0.879. The van der Waals surface area contributed by atoms with E-state index in [-0.39, 0.29) is 5.91 Å². The SMILES string of the molecule is CCCN(C(=O)c1ccc(C)n1C)[C@H]1CCNC1. The Labute approximate surface area is 109 Å². The van der Waals surface area contributed by atoms with Crippen molar-refractivity contribution in [3.63, 3.8) is 0 Å². The molecule has 100 valence electrons. The molecule has 1 aliphatic rings. The highest BCUT2D eigenvalue weighted by molar-refractivity contribution is 5.93. The van der Waals surface area contributed by atoms with Gasteiger partial charge in [0, 0.05) is 31.9 Å². The molecule has 1 fully saturated rings. The molecule has 1 aromatic heterocycles. The smallest absolute Gasteiger partial charge is 0.270 e. The summed E-state index contributed by atoms with van der Waals surface area (Å²) < 4.78 is 1.98. The van der Waals surface area contributed by atoms with Crippen LogP contribution in [0, 0.1) is 6.92 Å². The Morgan fingerprint density at radius 3 is 2.83 bits per heavy atom. The van der Waals surface area contributed by atoms with Crippen LogP contribution in [-0.2, 0) is 7.05 Å². The Kier molecular flexibility index (Phi) is 4.07. The molecule has 0 unspecified atom stereocenters. The summed E-state index contributed by atoms with van der Waals surface area (Å²) in [7, 11) is 1.96.